The third-order valence-corrected chi connectivity index (χ3v) is 3.67. The lowest BCUT2D eigenvalue weighted by Crippen LogP contribution is -2.38. The van der Waals surface area contributed by atoms with Crippen molar-refractivity contribution in [3.05, 3.63) is 35.9 Å². The summed E-state index contributed by atoms with van der Waals surface area (Å²) in [4.78, 5) is 23.2. The average molecular weight is 261 g/mol. The second-order valence-corrected chi connectivity index (χ2v) is 4.89. The van der Waals surface area contributed by atoms with Gasteiger partial charge in [0.25, 0.3) is 0 Å². The van der Waals surface area contributed by atoms with Gasteiger partial charge in [-0.15, -0.1) is 0 Å². The first-order valence-corrected chi connectivity index (χ1v) is 6.42. The molecule has 0 bridgehead atoms. The highest BCUT2D eigenvalue weighted by Crippen LogP contribution is 2.33. The maximum Gasteiger partial charge on any atom is 0.407 e. The van der Waals surface area contributed by atoms with Crippen LogP contribution in [0.5, 0.6) is 0 Å². The van der Waals surface area contributed by atoms with E-state index >= 15 is 0 Å². The Morgan fingerprint density at radius 3 is 2.89 bits per heavy atom. The zero-order valence-electron chi connectivity index (χ0n) is 10.4. The van der Waals surface area contributed by atoms with Gasteiger partial charge in [-0.1, -0.05) is 30.3 Å². The first-order chi connectivity index (χ1) is 9.24. The minimum absolute atomic E-state index is 0.179. The molecular formula is C14H15NO4. The SMILES string of the molecule is O=C1N[C@H]2[C@@H](C(=O)OCc3ccccc3)CC[C@H]2O1. The molecule has 1 N–H and O–H groups in total. The van der Waals surface area contributed by atoms with Gasteiger partial charge in [0.15, 0.2) is 0 Å². The van der Waals surface area contributed by atoms with Gasteiger partial charge in [0.2, 0.25) is 0 Å². The molecule has 1 saturated heterocycles. The number of alkyl carbamates (subject to hydrolysis) is 1. The summed E-state index contributed by atoms with van der Waals surface area (Å²) in [6.45, 7) is 0.266. The Morgan fingerprint density at radius 2 is 2.11 bits per heavy atom. The van der Waals surface area contributed by atoms with E-state index in [0.717, 1.165) is 5.56 Å². The third kappa shape index (κ3) is 2.41. The smallest absolute Gasteiger partial charge is 0.407 e. The lowest BCUT2D eigenvalue weighted by Gasteiger charge is -2.15. The van der Waals surface area contributed by atoms with E-state index in [4.69, 9.17) is 9.47 Å². The Morgan fingerprint density at radius 1 is 1.32 bits per heavy atom. The molecule has 5 nitrogen and oxygen atoms in total. The molecule has 100 valence electrons. The van der Waals surface area contributed by atoms with Gasteiger partial charge < -0.3 is 14.8 Å². The minimum atomic E-state index is -0.435. The van der Waals surface area contributed by atoms with E-state index in [1.807, 2.05) is 30.3 Å². The van der Waals surface area contributed by atoms with E-state index in [2.05, 4.69) is 5.32 Å². The predicted molar refractivity (Wildman–Crippen MR) is 66.2 cm³/mol. The summed E-state index contributed by atoms with van der Waals surface area (Å²) in [6.07, 6.45) is 0.801. The number of fused-ring (bicyclic) bond motifs is 1. The molecule has 19 heavy (non-hydrogen) atoms. The second kappa shape index (κ2) is 4.91. The van der Waals surface area contributed by atoms with Crippen molar-refractivity contribution >= 4 is 12.1 Å². The van der Waals surface area contributed by atoms with Gasteiger partial charge >= 0.3 is 12.1 Å². The van der Waals surface area contributed by atoms with Crippen LogP contribution in [0, 0.1) is 5.92 Å². The fraction of sp³-hybridized carbons (Fsp3) is 0.429. The minimum Gasteiger partial charge on any atom is -0.461 e. The Bertz CT molecular complexity index is 487. The molecule has 0 unspecified atom stereocenters. The van der Waals surface area contributed by atoms with Crippen LogP contribution in [0.25, 0.3) is 0 Å². The quantitative estimate of drug-likeness (QED) is 0.840. The number of carbonyl (C=O) groups excluding carboxylic acids is 2. The van der Waals surface area contributed by atoms with Crippen LogP contribution in [0.15, 0.2) is 30.3 Å². The number of carbonyl (C=O) groups is 2. The molecule has 0 aromatic heterocycles. The molecule has 1 heterocycles. The number of esters is 1. The van der Waals surface area contributed by atoms with Crippen LogP contribution in [-0.2, 0) is 20.9 Å². The van der Waals surface area contributed by atoms with E-state index in [1.165, 1.54) is 0 Å². The number of ether oxygens (including phenoxy) is 2. The number of hydrogen-bond acceptors (Lipinski definition) is 4. The van der Waals surface area contributed by atoms with Crippen LogP contribution >= 0.6 is 0 Å². The molecule has 0 spiro atoms. The zero-order valence-corrected chi connectivity index (χ0v) is 10.4. The third-order valence-electron chi connectivity index (χ3n) is 3.67. The van der Waals surface area contributed by atoms with Crippen molar-refractivity contribution in [1.29, 1.82) is 0 Å². The average Bonchev–Trinajstić information content (AvgIpc) is 2.96. The van der Waals surface area contributed by atoms with Gasteiger partial charge in [-0.25, -0.2) is 4.79 Å². The van der Waals surface area contributed by atoms with E-state index in [-0.39, 0.29) is 30.6 Å². The summed E-state index contributed by atoms with van der Waals surface area (Å²) in [7, 11) is 0. The molecule has 1 amide bonds. The monoisotopic (exact) mass is 261 g/mol. The molecule has 2 fully saturated rings. The number of benzene rings is 1. The number of rotatable bonds is 3. The lowest BCUT2D eigenvalue weighted by molar-refractivity contribution is -0.150. The van der Waals surface area contributed by atoms with E-state index in [1.54, 1.807) is 0 Å². The van der Waals surface area contributed by atoms with Crippen molar-refractivity contribution in [3.8, 4) is 0 Å². The summed E-state index contributed by atoms with van der Waals surface area (Å²) in [5.41, 5.74) is 0.956. The first kappa shape index (κ1) is 12.0. The molecule has 1 saturated carbocycles. The fourth-order valence-corrected chi connectivity index (χ4v) is 2.70. The summed E-state index contributed by atoms with van der Waals surface area (Å²) in [5, 5.41) is 2.68. The maximum atomic E-state index is 12.0. The Balaban J connectivity index is 1.58. The number of hydrogen-bond donors (Lipinski definition) is 1. The van der Waals surface area contributed by atoms with Crippen LogP contribution in [-0.4, -0.2) is 24.2 Å². The highest BCUT2D eigenvalue weighted by Gasteiger charge is 2.48. The molecule has 1 aliphatic heterocycles. The normalized spacial score (nSPS) is 28.4. The molecule has 2 aliphatic rings. The van der Waals surface area contributed by atoms with Crippen LogP contribution in [0.1, 0.15) is 18.4 Å². The largest absolute Gasteiger partial charge is 0.461 e. The van der Waals surface area contributed by atoms with Crippen molar-refractivity contribution in [1.82, 2.24) is 5.32 Å². The topological polar surface area (TPSA) is 64.6 Å². The standard InChI is InChI=1S/C14H15NO4/c16-13(18-8-9-4-2-1-3-5-9)10-6-7-11-12(10)15-14(17)19-11/h1-5,10-12H,6-8H2,(H,15,17)/t10-,11+,12-/m0/s1. The molecule has 0 radical (unpaired) electrons. The van der Waals surface area contributed by atoms with Gasteiger partial charge in [0, 0.05) is 0 Å². The van der Waals surface area contributed by atoms with Gasteiger partial charge in [-0.2, -0.15) is 0 Å². The van der Waals surface area contributed by atoms with E-state index in [0.29, 0.717) is 12.8 Å². The molecule has 1 aromatic rings. The highest BCUT2D eigenvalue weighted by molar-refractivity contribution is 5.77. The van der Waals surface area contributed by atoms with Crippen LogP contribution < -0.4 is 5.32 Å². The molecule has 3 rings (SSSR count). The Kier molecular flexibility index (Phi) is 3.11. The van der Waals surface area contributed by atoms with E-state index < -0.39 is 6.09 Å². The molecule has 1 aliphatic carbocycles. The zero-order chi connectivity index (χ0) is 13.2. The van der Waals surface area contributed by atoms with Crippen LogP contribution in [0.2, 0.25) is 0 Å². The summed E-state index contributed by atoms with van der Waals surface area (Å²) >= 11 is 0. The highest BCUT2D eigenvalue weighted by atomic mass is 16.6. The van der Waals surface area contributed by atoms with Gasteiger partial charge in [0.1, 0.15) is 12.7 Å². The first-order valence-electron chi connectivity index (χ1n) is 6.42. The number of amides is 1. The van der Waals surface area contributed by atoms with Crippen LogP contribution in [0.3, 0.4) is 0 Å². The second-order valence-electron chi connectivity index (χ2n) is 4.89. The van der Waals surface area contributed by atoms with Crippen molar-refractivity contribution in [3.63, 3.8) is 0 Å². The van der Waals surface area contributed by atoms with Gasteiger partial charge in [0.05, 0.1) is 12.0 Å². The predicted octanol–water partition coefficient (Wildman–Crippen LogP) is 1.62. The molecule has 5 heteroatoms. The Labute approximate surface area is 110 Å². The molecular weight excluding hydrogens is 246 g/mol. The Hall–Kier alpha value is -2.04. The van der Waals surface area contributed by atoms with Crippen molar-refractivity contribution in [2.24, 2.45) is 5.92 Å². The van der Waals surface area contributed by atoms with Crippen molar-refractivity contribution in [2.45, 2.75) is 31.6 Å². The summed E-state index contributed by atoms with van der Waals surface area (Å²) in [6, 6.07) is 9.31. The molecule has 1 aromatic carbocycles. The summed E-state index contributed by atoms with van der Waals surface area (Å²) < 4.78 is 10.4. The van der Waals surface area contributed by atoms with Crippen molar-refractivity contribution < 1.29 is 19.1 Å². The summed E-state index contributed by atoms with van der Waals surface area (Å²) in [5.74, 6) is -0.553. The maximum absolute atomic E-state index is 12.0. The van der Waals surface area contributed by atoms with E-state index in [9.17, 15) is 9.59 Å². The van der Waals surface area contributed by atoms with Crippen LogP contribution in [0.4, 0.5) is 4.79 Å². The van der Waals surface area contributed by atoms with Gasteiger partial charge in [-0.3, -0.25) is 4.79 Å². The molecule has 3 atom stereocenters. The number of nitrogens with one attached hydrogen (secondary N) is 1. The lowest BCUT2D eigenvalue weighted by atomic mass is 10.0. The fourth-order valence-electron chi connectivity index (χ4n) is 2.70. The van der Waals surface area contributed by atoms with Gasteiger partial charge in [-0.05, 0) is 18.4 Å². The van der Waals surface area contributed by atoms with Crippen molar-refractivity contribution in [2.75, 3.05) is 0 Å².